The lowest BCUT2D eigenvalue weighted by molar-refractivity contribution is 1.26. The van der Waals surface area contributed by atoms with E-state index in [1.54, 1.807) is 12.4 Å². The molecule has 0 aliphatic heterocycles. The van der Waals surface area contributed by atoms with Crippen molar-refractivity contribution in [2.75, 3.05) is 5.75 Å². The first kappa shape index (κ1) is 9.15. The Kier molecular flexibility index (Phi) is 3.69. The zero-order chi connectivity index (χ0) is 8.81. The van der Waals surface area contributed by atoms with E-state index in [1.807, 2.05) is 13.0 Å². The molecule has 1 aromatic rings. The van der Waals surface area contributed by atoms with Crippen LogP contribution in [0.2, 0.25) is 0 Å². The van der Waals surface area contributed by atoms with Gasteiger partial charge in [0, 0.05) is 30.1 Å². The van der Waals surface area contributed by atoms with Gasteiger partial charge < -0.3 is 0 Å². The van der Waals surface area contributed by atoms with E-state index in [0.29, 0.717) is 0 Å². The molecule has 0 saturated heterocycles. The number of rotatable bonds is 1. The highest BCUT2D eigenvalue weighted by atomic mass is 32.1. The molecule has 2 heteroatoms. The average molecular weight is 177 g/mol. The van der Waals surface area contributed by atoms with E-state index < -0.39 is 0 Å². The second-order valence-electron chi connectivity index (χ2n) is 2.47. The van der Waals surface area contributed by atoms with Crippen molar-refractivity contribution in [3.8, 4) is 11.8 Å². The molecule has 1 aromatic heterocycles. The number of aryl methyl sites for hydroxylation is 1. The fourth-order valence-electron chi connectivity index (χ4n) is 0.808. The summed E-state index contributed by atoms with van der Waals surface area (Å²) >= 11 is 4.07. The van der Waals surface area contributed by atoms with Gasteiger partial charge in [0.25, 0.3) is 0 Å². The van der Waals surface area contributed by atoms with Crippen LogP contribution in [0.15, 0.2) is 18.5 Å². The maximum absolute atomic E-state index is 4.07. The van der Waals surface area contributed by atoms with E-state index in [0.717, 1.165) is 17.7 Å². The molecule has 0 radical (unpaired) electrons. The minimum atomic E-state index is 0.812. The molecule has 1 heterocycles. The van der Waals surface area contributed by atoms with Gasteiger partial charge in [0.1, 0.15) is 0 Å². The minimum Gasteiger partial charge on any atom is -0.263 e. The Morgan fingerprint density at radius 1 is 1.58 bits per heavy atom. The van der Waals surface area contributed by atoms with E-state index in [4.69, 9.17) is 0 Å². The van der Waals surface area contributed by atoms with Crippen molar-refractivity contribution in [1.29, 1.82) is 0 Å². The third-order valence-corrected chi connectivity index (χ3v) is 1.72. The first-order valence-corrected chi connectivity index (χ1v) is 4.48. The van der Waals surface area contributed by atoms with Gasteiger partial charge in [-0.3, -0.25) is 4.98 Å². The Labute approximate surface area is 78.6 Å². The van der Waals surface area contributed by atoms with Crippen molar-refractivity contribution < 1.29 is 0 Å². The molecule has 62 valence electrons. The predicted molar refractivity (Wildman–Crippen MR) is 54.3 cm³/mol. The summed E-state index contributed by atoms with van der Waals surface area (Å²) in [7, 11) is 0. The molecule has 0 aliphatic rings. The molecule has 12 heavy (non-hydrogen) atoms. The fraction of sp³-hybridized carbons (Fsp3) is 0.300. The molecule has 0 fully saturated rings. The summed E-state index contributed by atoms with van der Waals surface area (Å²) in [6, 6.07) is 1.96. The molecular formula is C10H11NS. The summed E-state index contributed by atoms with van der Waals surface area (Å²) in [5, 5.41) is 0. The van der Waals surface area contributed by atoms with Crippen LogP contribution >= 0.6 is 12.6 Å². The molecule has 0 aliphatic carbocycles. The largest absolute Gasteiger partial charge is 0.263 e. The van der Waals surface area contributed by atoms with Crippen LogP contribution < -0.4 is 0 Å². The molecule has 1 rings (SSSR count). The maximum atomic E-state index is 4.07. The molecule has 0 saturated carbocycles. The van der Waals surface area contributed by atoms with Gasteiger partial charge in [-0.1, -0.05) is 11.8 Å². The van der Waals surface area contributed by atoms with Crippen molar-refractivity contribution in [3.63, 3.8) is 0 Å². The molecule has 1 nitrogen and oxygen atoms in total. The molecule has 0 atom stereocenters. The maximum Gasteiger partial charge on any atom is 0.0457 e. The zero-order valence-electron chi connectivity index (χ0n) is 7.04. The Bertz CT molecular complexity index is 309. The number of nitrogens with zero attached hydrogens (tertiary/aromatic N) is 1. The first-order valence-electron chi connectivity index (χ1n) is 3.85. The van der Waals surface area contributed by atoms with Crippen LogP contribution in [0.3, 0.4) is 0 Å². The second-order valence-corrected chi connectivity index (χ2v) is 2.91. The van der Waals surface area contributed by atoms with Crippen LogP contribution in [0.5, 0.6) is 0 Å². The van der Waals surface area contributed by atoms with Crippen LogP contribution in [0, 0.1) is 18.8 Å². The van der Waals surface area contributed by atoms with Crippen molar-refractivity contribution >= 4 is 12.6 Å². The highest BCUT2D eigenvalue weighted by Gasteiger charge is 1.90. The Morgan fingerprint density at radius 2 is 2.42 bits per heavy atom. The van der Waals surface area contributed by atoms with Gasteiger partial charge in [-0.2, -0.15) is 12.6 Å². The second kappa shape index (κ2) is 4.84. The molecule has 0 unspecified atom stereocenters. The summed E-state index contributed by atoms with van der Waals surface area (Å²) < 4.78 is 0. The number of hydrogen-bond acceptors (Lipinski definition) is 2. The molecule has 0 spiro atoms. The number of pyridine rings is 1. The van der Waals surface area contributed by atoms with Crippen LogP contribution in [0.25, 0.3) is 0 Å². The number of hydrogen-bond donors (Lipinski definition) is 1. The SMILES string of the molecule is Cc1ccncc1C#CCCS. The average Bonchev–Trinajstić information content (AvgIpc) is 2.09. The summed E-state index contributed by atoms with van der Waals surface area (Å²) in [4.78, 5) is 4.00. The van der Waals surface area contributed by atoms with Crippen molar-refractivity contribution in [2.45, 2.75) is 13.3 Å². The van der Waals surface area contributed by atoms with Gasteiger partial charge in [0.05, 0.1) is 0 Å². The molecule has 0 bridgehead atoms. The van der Waals surface area contributed by atoms with Gasteiger partial charge in [0.2, 0.25) is 0 Å². The summed E-state index contributed by atoms with van der Waals surface area (Å²) in [6.45, 7) is 2.03. The normalized spacial score (nSPS) is 8.83. The van der Waals surface area contributed by atoms with Crippen LogP contribution in [-0.4, -0.2) is 10.7 Å². The molecular weight excluding hydrogens is 166 g/mol. The van der Waals surface area contributed by atoms with Gasteiger partial charge in [0.15, 0.2) is 0 Å². The summed E-state index contributed by atoms with van der Waals surface area (Å²) in [5.74, 6) is 6.89. The zero-order valence-corrected chi connectivity index (χ0v) is 7.94. The lowest BCUT2D eigenvalue weighted by Crippen LogP contribution is -1.82. The Morgan fingerprint density at radius 3 is 3.08 bits per heavy atom. The quantitative estimate of drug-likeness (QED) is 0.512. The monoisotopic (exact) mass is 177 g/mol. The first-order chi connectivity index (χ1) is 5.84. The van der Waals surface area contributed by atoms with Crippen molar-refractivity contribution in [2.24, 2.45) is 0 Å². The lowest BCUT2D eigenvalue weighted by atomic mass is 10.2. The lowest BCUT2D eigenvalue weighted by Gasteiger charge is -1.93. The fourth-order valence-corrected chi connectivity index (χ4v) is 0.920. The molecule has 0 aromatic carbocycles. The standard InChI is InChI=1S/C10H11NS/c1-9-5-6-11-8-10(9)4-2-3-7-12/h5-6,8,12H,3,7H2,1H3. The van der Waals surface area contributed by atoms with Crippen LogP contribution in [-0.2, 0) is 0 Å². The molecule has 0 N–H and O–H groups in total. The van der Waals surface area contributed by atoms with Gasteiger partial charge >= 0.3 is 0 Å². The minimum absolute atomic E-state index is 0.812. The van der Waals surface area contributed by atoms with Gasteiger partial charge in [-0.25, -0.2) is 0 Å². The van der Waals surface area contributed by atoms with Gasteiger partial charge in [-0.05, 0) is 18.6 Å². The van der Waals surface area contributed by atoms with E-state index in [1.165, 1.54) is 5.56 Å². The van der Waals surface area contributed by atoms with E-state index in [9.17, 15) is 0 Å². The third-order valence-electron chi connectivity index (χ3n) is 1.50. The Balaban J connectivity index is 2.77. The number of thiol groups is 1. The van der Waals surface area contributed by atoms with Crippen LogP contribution in [0.4, 0.5) is 0 Å². The highest BCUT2D eigenvalue weighted by molar-refractivity contribution is 7.80. The number of aromatic nitrogens is 1. The summed E-state index contributed by atoms with van der Waals surface area (Å²) in [6.07, 6.45) is 4.40. The van der Waals surface area contributed by atoms with E-state index >= 15 is 0 Å². The van der Waals surface area contributed by atoms with Crippen molar-refractivity contribution in [1.82, 2.24) is 4.98 Å². The van der Waals surface area contributed by atoms with E-state index in [-0.39, 0.29) is 0 Å². The summed E-state index contributed by atoms with van der Waals surface area (Å²) in [5.41, 5.74) is 2.19. The topological polar surface area (TPSA) is 12.9 Å². The molecule has 0 amide bonds. The highest BCUT2D eigenvalue weighted by Crippen LogP contribution is 2.01. The smallest absolute Gasteiger partial charge is 0.0457 e. The van der Waals surface area contributed by atoms with Gasteiger partial charge in [-0.15, -0.1) is 0 Å². The van der Waals surface area contributed by atoms with Crippen LogP contribution in [0.1, 0.15) is 17.5 Å². The van der Waals surface area contributed by atoms with E-state index in [2.05, 4.69) is 29.5 Å². The predicted octanol–water partition coefficient (Wildman–Crippen LogP) is 2.06. The van der Waals surface area contributed by atoms with Crippen molar-refractivity contribution in [3.05, 3.63) is 29.6 Å². The Hall–Kier alpha value is -0.940. The third kappa shape index (κ3) is 2.60.